The largest absolute Gasteiger partial charge is 0.344 e. The molecule has 0 aromatic carbocycles. The molecule has 1 aliphatic rings. The fourth-order valence-electron chi connectivity index (χ4n) is 2.34. The Hall–Kier alpha value is -0.620. The molecule has 2 N–H and O–H groups in total. The third kappa shape index (κ3) is 4.27. The van der Waals surface area contributed by atoms with Gasteiger partial charge in [0.15, 0.2) is 0 Å². The predicted octanol–water partition coefficient (Wildman–Crippen LogP) is -0.136. The van der Waals surface area contributed by atoms with Crippen molar-refractivity contribution in [1.29, 1.82) is 0 Å². The summed E-state index contributed by atoms with van der Waals surface area (Å²) >= 11 is 0. The Kier molecular flexibility index (Phi) is 4.94. The first-order chi connectivity index (χ1) is 7.85. The summed E-state index contributed by atoms with van der Waals surface area (Å²) in [7, 11) is -1.35. The van der Waals surface area contributed by atoms with Gasteiger partial charge in [-0.05, 0) is 25.3 Å². The summed E-state index contributed by atoms with van der Waals surface area (Å²) in [5.74, 6) is 0.323. The first-order valence-corrected chi connectivity index (χ1v) is 8.04. The molecule has 0 unspecified atom stereocenters. The Morgan fingerprint density at radius 2 is 2.06 bits per heavy atom. The van der Waals surface area contributed by atoms with Gasteiger partial charge in [-0.1, -0.05) is 6.42 Å². The van der Waals surface area contributed by atoms with E-state index < -0.39 is 9.84 Å². The molecule has 0 spiro atoms. The highest BCUT2D eigenvalue weighted by Crippen LogP contribution is 2.32. The smallest absolute Gasteiger partial charge is 0.225 e. The van der Waals surface area contributed by atoms with E-state index in [1.165, 1.54) is 11.2 Å². The van der Waals surface area contributed by atoms with Gasteiger partial charge in [-0.25, -0.2) is 8.42 Å². The molecule has 1 rings (SSSR count). The van der Waals surface area contributed by atoms with Crippen LogP contribution in [-0.2, 0) is 14.6 Å². The average molecular weight is 262 g/mol. The van der Waals surface area contributed by atoms with Gasteiger partial charge in [-0.15, -0.1) is 0 Å². The number of hydrogen-bond donors (Lipinski definition) is 1. The number of nitrogens with two attached hydrogens (primary N) is 1. The maximum Gasteiger partial charge on any atom is 0.225 e. The number of carbonyl (C=O) groups excluding carboxylic acids is 1. The van der Waals surface area contributed by atoms with E-state index in [-0.39, 0.29) is 30.0 Å². The van der Waals surface area contributed by atoms with Gasteiger partial charge < -0.3 is 10.6 Å². The maximum absolute atomic E-state index is 12.1. The fraction of sp³-hybridized carbons (Fsp3) is 0.909. The summed E-state index contributed by atoms with van der Waals surface area (Å²) in [5, 5.41) is 0. The second-order valence-corrected chi connectivity index (χ2v) is 7.18. The summed E-state index contributed by atoms with van der Waals surface area (Å²) in [6, 6.07) is 0. The van der Waals surface area contributed by atoms with Crippen LogP contribution in [0.25, 0.3) is 0 Å². The van der Waals surface area contributed by atoms with Crippen molar-refractivity contribution in [2.75, 3.05) is 32.1 Å². The summed E-state index contributed by atoms with van der Waals surface area (Å²) < 4.78 is 22.1. The lowest BCUT2D eigenvalue weighted by Crippen LogP contribution is -2.38. The van der Waals surface area contributed by atoms with E-state index in [1.807, 2.05) is 0 Å². The topological polar surface area (TPSA) is 80.5 Å². The molecule has 0 saturated heterocycles. The predicted molar refractivity (Wildman–Crippen MR) is 67.2 cm³/mol. The summed E-state index contributed by atoms with van der Waals surface area (Å²) in [6.07, 6.45) is 4.11. The monoisotopic (exact) mass is 262 g/mol. The Bertz CT molecular complexity index is 367. The van der Waals surface area contributed by atoms with Crippen LogP contribution in [0.15, 0.2) is 0 Å². The highest BCUT2D eigenvalue weighted by Gasteiger charge is 2.33. The SMILES string of the molecule is CN(CCS(C)(=O)=O)C(=O)[C@@H]1CCC[C@@H]1CN. The minimum Gasteiger partial charge on any atom is -0.344 e. The first-order valence-electron chi connectivity index (χ1n) is 5.98. The van der Waals surface area contributed by atoms with E-state index >= 15 is 0 Å². The number of sulfone groups is 1. The van der Waals surface area contributed by atoms with Gasteiger partial charge in [0, 0.05) is 25.8 Å². The van der Waals surface area contributed by atoms with Gasteiger partial charge in [-0.2, -0.15) is 0 Å². The average Bonchev–Trinajstić information content (AvgIpc) is 2.71. The lowest BCUT2D eigenvalue weighted by Gasteiger charge is -2.24. The van der Waals surface area contributed by atoms with Crippen molar-refractivity contribution < 1.29 is 13.2 Å². The van der Waals surface area contributed by atoms with Crippen LogP contribution >= 0.6 is 0 Å². The van der Waals surface area contributed by atoms with E-state index in [0.29, 0.717) is 6.54 Å². The molecule has 100 valence electrons. The van der Waals surface area contributed by atoms with Crippen LogP contribution < -0.4 is 5.73 Å². The fourth-order valence-corrected chi connectivity index (χ4v) is 2.95. The molecule has 0 bridgehead atoms. The molecule has 6 heteroatoms. The molecule has 5 nitrogen and oxygen atoms in total. The van der Waals surface area contributed by atoms with Crippen molar-refractivity contribution in [3.63, 3.8) is 0 Å². The molecular weight excluding hydrogens is 240 g/mol. The maximum atomic E-state index is 12.1. The lowest BCUT2D eigenvalue weighted by molar-refractivity contribution is -0.135. The summed E-state index contributed by atoms with van der Waals surface area (Å²) in [6.45, 7) is 0.807. The van der Waals surface area contributed by atoms with Gasteiger partial charge in [0.1, 0.15) is 9.84 Å². The van der Waals surface area contributed by atoms with Crippen molar-refractivity contribution in [3.05, 3.63) is 0 Å². The minimum atomic E-state index is -3.01. The zero-order valence-corrected chi connectivity index (χ0v) is 11.4. The van der Waals surface area contributed by atoms with Crippen LogP contribution in [0, 0.1) is 11.8 Å². The molecule has 1 saturated carbocycles. The molecule has 0 aromatic rings. The van der Waals surface area contributed by atoms with E-state index in [9.17, 15) is 13.2 Å². The quantitative estimate of drug-likeness (QED) is 0.748. The summed E-state index contributed by atoms with van der Waals surface area (Å²) in [5.41, 5.74) is 5.64. The van der Waals surface area contributed by atoms with Crippen LogP contribution in [0.1, 0.15) is 19.3 Å². The molecule has 0 heterocycles. The molecule has 0 aromatic heterocycles. The molecule has 0 aliphatic heterocycles. The van der Waals surface area contributed by atoms with Gasteiger partial charge in [-0.3, -0.25) is 4.79 Å². The third-order valence-corrected chi connectivity index (χ3v) is 4.38. The van der Waals surface area contributed by atoms with Crippen LogP contribution in [0.2, 0.25) is 0 Å². The van der Waals surface area contributed by atoms with E-state index in [2.05, 4.69) is 0 Å². The Morgan fingerprint density at radius 1 is 1.41 bits per heavy atom. The Balaban J connectivity index is 2.51. The van der Waals surface area contributed by atoms with Crippen molar-refractivity contribution >= 4 is 15.7 Å². The molecule has 2 atom stereocenters. The van der Waals surface area contributed by atoms with Crippen molar-refractivity contribution in [2.24, 2.45) is 17.6 Å². The van der Waals surface area contributed by atoms with Crippen molar-refractivity contribution in [3.8, 4) is 0 Å². The number of amides is 1. The number of rotatable bonds is 5. The van der Waals surface area contributed by atoms with Crippen molar-refractivity contribution in [1.82, 2.24) is 4.90 Å². The highest BCUT2D eigenvalue weighted by atomic mass is 32.2. The van der Waals surface area contributed by atoms with Crippen LogP contribution in [0.5, 0.6) is 0 Å². The highest BCUT2D eigenvalue weighted by molar-refractivity contribution is 7.90. The van der Waals surface area contributed by atoms with Gasteiger partial charge >= 0.3 is 0 Å². The second-order valence-electron chi connectivity index (χ2n) is 4.92. The molecule has 0 radical (unpaired) electrons. The lowest BCUT2D eigenvalue weighted by atomic mass is 9.95. The van der Waals surface area contributed by atoms with E-state index in [4.69, 9.17) is 5.73 Å². The van der Waals surface area contributed by atoms with Crippen LogP contribution in [0.3, 0.4) is 0 Å². The number of nitrogens with zero attached hydrogens (tertiary/aromatic N) is 1. The summed E-state index contributed by atoms with van der Waals surface area (Å²) in [4.78, 5) is 13.6. The molecular formula is C11H22N2O3S. The molecule has 1 fully saturated rings. The van der Waals surface area contributed by atoms with Gasteiger partial charge in [0.25, 0.3) is 0 Å². The number of carbonyl (C=O) groups is 1. The first kappa shape index (κ1) is 14.4. The molecule has 17 heavy (non-hydrogen) atoms. The Morgan fingerprint density at radius 3 is 2.59 bits per heavy atom. The van der Waals surface area contributed by atoms with Gasteiger partial charge in [0.05, 0.1) is 5.75 Å². The zero-order valence-electron chi connectivity index (χ0n) is 10.6. The molecule has 1 amide bonds. The Labute approximate surface area is 103 Å². The van der Waals surface area contributed by atoms with Crippen LogP contribution in [-0.4, -0.2) is 51.4 Å². The third-order valence-electron chi connectivity index (χ3n) is 3.45. The van der Waals surface area contributed by atoms with Gasteiger partial charge in [0.2, 0.25) is 5.91 Å². The van der Waals surface area contributed by atoms with Crippen LogP contribution in [0.4, 0.5) is 0 Å². The standard InChI is InChI=1S/C11H22N2O3S/c1-13(6-7-17(2,15)16)11(14)10-5-3-4-9(10)8-12/h9-10H,3-8,12H2,1-2H3/t9-,10-/m1/s1. The second kappa shape index (κ2) is 5.82. The normalized spacial score (nSPS) is 24.9. The minimum absolute atomic E-state index is 0.00967. The zero-order chi connectivity index (χ0) is 13.1. The van der Waals surface area contributed by atoms with E-state index in [0.717, 1.165) is 19.3 Å². The van der Waals surface area contributed by atoms with E-state index in [1.54, 1.807) is 7.05 Å². The van der Waals surface area contributed by atoms with Crippen molar-refractivity contribution in [2.45, 2.75) is 19.3 Å². The molecule has 1 aliphatic carbocycles. The number of hydrogen-bond acceptors (Lipinski definition) is 4.